The highest BCUT2D eigenvalue weighted by Crippen LogP contribution is 2.35. The molecule has 0 aliphatic heterocycles. The van der Waals surface area contributed by atoms with E-state index in [1.54, 1.807) is 20.5 Å². The maximum Gasteiger partial charge on any atom is 0.173 e. The van der Waals surface area contributed by atoms with Crippen molar-refractivity contribution in [2.75, 3.05) is 14.2 Å². The van der Waals surface area contributed by atoms with Gasteiger partial charge in [0.15, 0.2) is 16.2 Å². The smallest absolute Gasteiger partial charge is 0.173 e. The van der Waals surface area contributed by atoms with Crippen molar-refractivity contribution in [3.05, 3.63) is 46.3 Å². The molecule has 0 fully saturated rings. The lowest BCUT2D eigenvalue weighted by atomic mass is 10.1. The molecule has 102 valence electrons. The first-order chi connectivity index (χ1) is 9.15. The molecular weight excluding hydrogens is 376 g/mol. The third-order valence-electron chi connectivity index (χ3n) is 2.85. The van der Waals surface area contributed by atoms with Gasteiger partial charge in [0.2, 0.25) is 0 Å². The van der Waals surface area contributed by atoms with Crippen LogP contribution in [0.25, 0.3) is 0 Å². The SMILES string of the molecule is COc1ccc(CC(Br)c2ccoc2Br)cc1OC. The van der Waals surface area contributed by atoms with Crippen LogP contribution in [0.1, 0.15) is 16.0 Å². The van der Waals surface area contributed by atoms with Crippen molar-refractivity contribution >= 4 is 31.9 Å². The van der Waals surface area contributed by atoms with E-state index in [0.29, 0.717) is 0 Å². The van der Waals surface area contributed by atoms with E-state index in [9.17, 15) is 0 Å². The minimum Gasteiger partial charge on any atom is -0.493 e. The molecular formula is C14H14Br2O3. The molecule has 0 saturated carbocycles. The second-order valence-corrected chi connectivity index (χ2v) is 5.84. The van der Waals surface area contributed by atoms with Gasteiger partial charge >= 0.3 is 0 Å². The van der Waals surface area contributed by atoms with Crippen molar-refractivity contribution in [1.82, 2.24) is 0 Å². The molecule has 1 heterocycles. The molecule has 3 nitrogen and oxygen atoms in total. The summed E-state index contributed by atoms with van der Waals surface area (Å²) >= 11 is 7.06. The third kappa shape index (κ3) is 3.34. The minimum atomic E-state index is 0.179. The largest absolute Gasteiger partial charge is 0.493 e. The maximum absolute atomic E-state index is 5.30. The van der Waals surface area contributed by atoms with Crippen LogP contribution < -0.4 is 9.47 Å². The van der Waals surface area contributed by atoms with Crippen LogP contribution in [0.5, 0.6) is 11.5 Å². The van der Waals surface area contributed by atoms with Crippen molar-refractivity contribution in [3.63, 3.8) is 0 Å². The average molecular weight is 390 g/mol. The lowest BCUT2D eigenvalue weighted by molar-refractivity contribution is 0.354. The van der Waals surface area contributed by atoms with Gasteiger partial charge in [-0.2, -0.15) is 0 Å². The first-order valence-corrected chi connectivity index (χ1v) is 7.44. The van der Waals surface area contributed by atoms with Gasteiger partial charge in [-0.1, -0.05) is 22.0 Å². The summed E-state index contributed by atoms with van der Waals surface area (Å²) in [5, 5.41) is 0. The van der Waals surface area contributed by atoms with Gasteiger partial charge in [0, 0.05) is 10.4 Å². The van der Waals surface area contributed by atoms with Crippen LogP contribution in [-0.2, 0) is 6.42 Å². The summed E-state index contributed by atoms with van der Waals surface area (Å²) in [6, 6.07) is 7.88. The highest BCUT2D eigenvalue weighted by Gasteiger charge is 2.15. The molecule has 1 unspecified atom stereocenters. The molecule has 0 amide bonds. The molecule has 2 aromatic rings. The van der Waals surface area contributed by atoms with E-state index in [0.717, 1.165) is 33.7 Å². The Labute approximate surface area is 129 Å². The molecule has 1 aromatic heterocycles. The summed E-state index contributed by atoms with van der Waals surface area (Å²) in [5.41, 5.74) is 2.25. The van der Waals surface area contributed by atoms with E-state index < -0.39 is 0 Å². The van der Waals surface area contributed by atoms with Gasteiger partial charge in [-0.05, 0) is 46.1 Å². The number of rotatable bonds is 5. The molecule has 0 N–H and O–H groups in total. The molecule has 0 saturated heterocycles. The van der Waals surface area contributed by atoms with Crippen LogP contribution in [0, 0.1) is 0 Å². The van der Waals surface area contributed by atoms with Gasteiger partial charge in [0.1, 0.15) is 0 Å². The number of alkyl halides is 1. The highest BCUT2D eigenvalue weighted by molar-refractivity contribution is 9.10. The van der Waals surface area contributed by atoms with Crippen LogP contribution >= 0.6 is 31.9 Å². The van der Waals surface area contributed by atoms with Gasteiger partial charge in [0.25, 0.3) is 0 Å². The zero-order valence-electron chi connectivity index (χ0n) is 10.7. The highest BCUT2D eigenvalue weighted by atomic mass is 79.9. The van der Waals surface area contributed by atoms with Crippen LogP contribution in [-0.4, -0.2) is 14.2 Å². The fourth-order valence-electron chi connectivity index (χ4n) is 1.85. The van der Waals surface area contributed by atoms with Gasteiger partial charge in [0.05, 0.1) is 20.5 Å². The summed E-state index contributed by atoms with van der Waals surface area (Å²) in [5.74, 6) is 1.48. The van der Waals surface area contributed by atoms with Gasteiger partial charge in [-0.25, -0.2) is 0 Å². The number of methoxy groups -OCH3 is 2. The quantitative estimate of drug-likeness (QED) is 0.692. The Balaban J connectivity index is 2.17. The Morgan fingerprint density at radius 1 is 1.16 bits per heavy atom. The molecule has 0 spiro atoms. The Morgan fingerprint density at radius 2 is 1.89 bits per heavy atom. The summed E-state index contributed by atoms with van der Waals surface area (Å²) in [7, 11) is 3.27. The standard InChI is InChI=1S/C14H14Br2O3/c1-17-12-4-3-9(8-13(12)18-2)7-11(15)10-5-6-19-14(10)16/h3-6,8,11H,7H2,1-2H3. The van der Waals surface area contributed by atoms with E-state index >= 15 is 0 Å². The van der Waals surface area contributed by atoms with Crippen LogP contribution in [0.15, 0.2) is 39.6 Å². The van der Waals surface area contributed by atoms with Crippen molar-refractivity contribution in [1.29, 1.82) is 0 Å². The number of ether oxygens (including phenoxy) is 2. The van der Waals surface area contributed by atoms with Crippen molar-refractivity contribution < 1.29 is 13.9 Å². The molecule has 1 aromatic carbocycles. The molecule has 0 aliphatic rings. The average Bonchev–Trinajstić information content (AvgIpc) is 2.85. The fraction of sp³-hybridized carbons (Fsp3) is 0.286. The Morgan fingerprint density at radius 3 is 2.47 bits per heavy atom. The number of benzene rings is 1. The van der Waals surface area contributed by atoms with E-state index in [4.69, 9.17) is 13.9 Å². The Bertz CT molecular complexity index is 551. The number of furan rings is 1. The fourth-order valence-corrected chi connectivity index (χ4v) is 3.41. The number of hydrogen-bond acceptors (Lipinski definition) is 3. The summed E-state index contributed by atoms with van der Waals surface area (Å²) in [6.45, 7) is 0. The Kier molecular flexibility index (Phi) is 4.93. The van der Waals surface area contributed by atoms with Gasteiger partial charge in [-0.3, -0.25) is 0 Å². The molecule has 0 radical (unpaired) electrons. The number of hydrogen-bond donors (Lipinski definition) is 0. The number of halogens is 2. The third-order valence-corrected chi connectivity index (χ3v) is 4.31. The minimum absolute atomic E-state index is 0.179. The van der Waals surface area contributed by atoms with Crippen LogP contribution in [0.3, 0.4) is 0 Å². The second kappa shape index (κ2) is 6.48. The zero-order valence-corrected chi connectivity index (χ0v) is 13.8. The molecule has 0 aliphatic carbocycles. The van der Waals surface area contributed by atoms with E-state index in [1.807, 2.05) is 24.3 Å². The molecule has 1 atom stereocenters. The second-order valence-electron chi connectivity index (χ2n) is 4.01. The van der Waals surface area contributed by atoms with Gasteiger partial charge in [-0.15, -0.1) is 0 Å². The van der Waals surface area contributed by atoms with E-state index in [2.05, 4.69) is 31.9 Å². The maximum atomic E-state index is 5.30. The molecule has 2 rings (SSSR count). The first kappa shape index (κ1) is 14.5. The lowest BCUT2D eigenvalue weighted by Gasteiger charge is -2.12. The van der Waals surface area contributed by atoms with Crippen molar-refractivity contribution in [2.45, 2.75) is 11.2 Å². The summed E-state index contributed by atoms with van der Waals surface area (Å²) < 4.78 is 16.5. The Hall–Kier alpha value is -0.940. The van der Waals surface area contributed by atoms with E-state index in [1.165, 1.54) is 0 Å². The normalized spacial score (nSPS) is 12.2. The zero-order chi connectivity index (χ0) is 13.8. The van der Waals surface area contributed by atoms with E-state index in [-0.39, 0.29) is 4.83 Å². The summed E-state index contributed by atoms with van der Waals surface area (Å²) in [4.78, 5) is 0.179. The first-order valence-electron chi connectivity index (χ1n) is 5.73. The monoisotopic (exact) mass is 388 g/mol. The molecule has 5 heteroatoms. The topological polar surface area (TPSA) is 31.6 Å². The predicted molar refractivity (Wildman–Crippen MR) is 81.3 cm³/mol. The van der Waals surface area contributed by atoms with Crippen LogP contribution in [0.2, 0.25) is 0 Å². The predicted octanol–water partition coefficient (Wildman–Crippen LogP) is 4.74. The van der Waals surface area contributed by atoms with Crippen molar-refractivity contribution in [2.24, 2.45) is 0 Å². The lowest BCUT2D eigenvalue weighted by Crippen LogP contribution is -1.97. The molecule has 0 bridgehead atoms. The summed E-state index contributed by atoms with van der Waals surface area (Å²) in [6.07, 6.45) is 2.50. The van der Waals surface area contributed by atoms with Crippen LogP contribution in [0.4, 0.5) is 0 Å². The molecule has 19 heavy (non-hydrogen) atoms. The van der Waals surface area contributed by atoms with Crippen molar-refractivity contribution in [3.8, 4) is 11.5 Å². The van der Waals surface area contributed by atoms with Gasteiger partial charge < -0.3 is 13.9 Å².